The molecule has 1 atom stereocenters. The van der Waals surface area contributed by atoms with Crippen molar-refractivity contribution in [1.29, 1.82) is 0 Å². The molecule has 0 spiro atoms. The third-order valence-electron chi connectivity index (χ3n) is 3.78. The predicted octanol–water partition coefficient (Wildman–Crippen LogP) is 4.78. The second kappa shape index (κ2) is 6.96. The molecule has 2 nitrogen and oxygen atoms in total. The first kappa shape index (κ1) is 15.1. The van der Waals surface area contributed by atoms with Crippen molar-refractivity contribution in [2.24, 2.45) is 0 Å². The molecule has 1 unspecified atom stereocenters. The highest BCUT2D eigenvalue weighted by molar-refractivity contribution is 9.10. The summed E-state index contributed by atoms with van der Waals surface area (Å²) in [5.41, 5.74) is 1.15. The first-order valence-corrected chi connectivity index (χ1v) is 8.19. The number of likely N-dealkylation sites (tertiary alicyclic amines) is 1. The summed E-state index contributed by atoms with van der Waals surface area (Å²) >= 11 is 9.55. The minimum Gasteiger partial charge on any atom is -0.381 e. The molecule has 1 aliphatic heterocycles. The van der Waals surface area contributed by atoms with E-state index in [1.54, 1.807) is 0 Å². The quantitative estimate of drug-likeness (QED) is 0.848. The van der Waals surface area contributed by atoms with Gasteiger partial charge in [0.1, 0.15) is 0 Å². The van der Waals surface area contributed by atoms with Crippen molar-refractivity contribution in [2.75, 3.05) is 18.4 Å². The Morgan fingerprint density at radius 1 is 1.32 bits per heavy atom. The number of rotatable bonds is 3. The second-order valence-corrected chi connectivity index (χ2v) is 6.82. The lowest BCUT2D eigenvalue weighted by atomic mass is 10.1. The Balaban J connectivity index is 1.96. The van der Waals surface area contributed by atoms with Gasteiger partial charge in [0, 0.05) is 33.8 Å². The fourth-order valence-electron chi connectivity index (χ4n) is 2.61. The summed E-state index contributed by atoms with van der Waals surface area (Å²) in [5.74, 6) is 0. The molecule has 0 bridgehead atoms. The largest absolute Gasteiger partial charge is 0.381 e. The first-order chi connectivity index (χ1) is 9.06. The molecule has 1 N–H and O–H groups in total. The Bertz CT molecular complexity index is 423. The Labute approximate surface area is 129 Å². The van der Waals surface area contributed by atoms with Crippen LogP contribution in [0.25, 0.3) is 0 Å². The Hall–Kier alpha value is -0.250. The van der Waals surface area contributed by atoms with Crippen molar-refractivity contribution in [3.8, 4) is 0 Å². The van der Waals surface area contributed by atoms with Crippen LogP contribution in [0.3, 0.4) is 0 Å². The van der Waals surface area contributed by atoms with Gasteiger partial charge in [0.15, 0.2) is 0 Å². The van der Waals surface area contributed by atoms with E-state index in [2.05, 4.69) is 46.1 Å². The van der Waals surface area contributed by atoms with E-state index in [0.29, 0.717) is 12.1 Å². The van der Waals surface area contributed by atoms with Crippen LogP contribution in [0.4, 0.5) is 5.69 Å². The maximum Gasteiger partial charge on any atom is 0.0487 e. The SMILES string of the molecule is CC(C)N1CCCC(Nc2ccc(Cl)cc2Br)CC1. The number of hydrogen-bond acceptors (Lipinski definition) is 2. The fraction of sp³-hybridized carbons (Fsp3) is 0.600. The molecule has 0 aliphatic carbocycles. The van der Waals surface area contributed by atoms with Crippen molar-refractivity contribution >= 4 is 33.2 Å². The fourth-order valence-corrected chi connectivity index (χ4v) is 3.40. The number of benzene rings is 1. The van der Waals surface area contributed by atoms with Gasteiger partial charge < -0.3 is 10.2 Å². The molecule has 0 amide bonds. The van der Waals surface area contributed by atoms with E-state index in [1.165, 1.54) is 32.4 Å². The van der Waals surface area contributed by atoms with Gasteiger partial charge in [0.2, 0.25) is 0 Å². The molecule has 1 saturated heterocycles. The van der Waals surface area contributed by atoms with Crippen molar-refractivity contribution in [2.45, 2.75) is 45.2 Å². The predicted molar refractivity (Wildman–Crippen MR) is 87.1 cm³/mol. The number of anilines is 1. The molecule has 0 saturated carbocycles. The molecule has 106 valence electrons. The van der Waals surface area contributed by atoms with Gasteiger partial charge in [-0.05, 0) is 73.8 Å². The van der Waals surface area contributed by atoms with Crippen LogP contribution >= 0.6 is 27.5 Å². The van der Waals surface area contributed by atoms with Gasteiger partial charge in [-0.25, -0.2) is 0 Å². The molecule has 1 aromatic rings. The van der Waals surface area contributed by atoms with Crippen LogP contribution in [0.5, 0.6) is 0 Å². The van der Waals surface area contributed by atoms with Crippen LogP contribution in [-0.4, -0.2) is 30.1 Å². The van der Waals surface area contributed by atoms with E-state index in [4.69, 9.17) is 11.6 Å². The maximum atomic E-state index is 5.98. The van der Waals surface area contributed by atoms with Crippen LogP contribution in [0.15, 0.2) is 22.7 Å². The number of nitrogens with one attached hydrogen (secondary N) is 1. The van der Waals surface area contributed by atoms with Crippen molar-refractivity contribution in [3.05, 3.63) is 27.7 Å². The summed E-state index contributed by atoms with van der Waals surface area (Å²) in [6, 6.07) is 7.15. The van der Waals surface area contributed by atoms with Gasteiger partial charge in [-0.1, -0.05) is 11.6 Å². The van der Waals surface area contributed by atoms with E-state index >= 15 is 0 Å². The first-order valence-electron chi connectivity index (χ1n) is 7.02. The minimum atomic E-state index is 0.557. The second-order valence-electron chi connectivity index (χ2n) is 5.53. The Morgan fingerprint density at radius 3 is 2.79 bits per heavy atom. The monoisotopic (exact) mass is 344 g/mol. The topological polar surface area (TPSA) is 15.3 Å². The highest BCUT2D eigenvalue weighted by atomic mass is 79.9. The highest BCUT2D eigenvalue weighted by Gasteiger charge is 2.18. The highest BCUT2D eigenvalue weighted by Crippen LogP contribution is 2.28. The summed E-state index contributed by atoms with van der Waals surface area (Å²) in [6.45, 7) is 6.96. The molecule has 1 aromatic carbocycles. The maximum absolute atomic E-state index is 5.98. The Morgan fingerprint density at radius 2 is 2.11 bits per heavy atom. The van der Waals surface area contributed by atoms with E-state index in [9.17, 15) is 0 Å². The van der Waals surface area contributed by atoms with Gasteiger partial charge in [0.05, 0.1) is 0 Å². The number of nitrogens with zero attached hydrogens (tertiary/aromatic N) is 1. The van der Waals surface area contributed by atoms with Gasteiger partial charge in [-0.15, -0.1) is 0 Å². The minimum absolute atomic E-state index is 0.557. The molecule has 4 heteroatoms. The summed E-state index contributed by atoms with van der Waals surface area (Å²) in [7, 11) is 0. The third-order valence-corrected chi connectivity index (χ3v) is 4.67. The summed E-state index contributed by atoms with van der Waals surface area (Å²) in [6.07, 6.45) is 3.70. The molecule has 1 aliphatic rings. The van der Waals surface area contributed by atoms with Crippen molar-refractivity contribution in [1.82, 2.24) is 4.90 Å². The van der Waals surface area contributed by atoms with E-state index in [-0.39, 0.29) is 0 Å². The Kier molecular flexibility index (Phi) is 5.55. The van der Waals surface area contributed by atoms with Crippen LogP contribution in [-0.2, 0) is 0 Å². The zero-order valence-electron chi connectivity index (χ0n) is 11.6. The van der Waals surface area contributed by atoms with Gasteiger partial charge >= 0.3 is 0 Å². The smallest absolute Gasteiger partial charge is 0.0487 e. The lowest BCUT2D eigenvalue weighted by Crippen LogP contribution is -2.32. The normalized spacial score (nSPS) is 21.4. The summed E-state index contributed by atoms with van der Waals surface area (Å²) in [5, 5.41) is 4.41. The van der Waals surface area contributed by atoms with Crippen LogP contribution < -0.4 is 5.32 Å². The summed E-state index contributed by atoms with van der Waals surface area (Å²) in [4.78, 5) is 2.57. The number of hydrogen-bond donors (Lipinski definition) is 1. The lowest BCUT2D eigenvalue weighted by Gasteiger charge is -2.24. The van der Waals surface area contributed by atoms with Crippen molar-refractivity contribution < 1.29 is 0 Å². The van der Waals surface area contributed by atoms with Gasteiger partial charge in [0.25, 0.3) is 0 Å². The molecular formula is C15H22BrClN2. The van der Waals surface area contributed by atoms with Crippen LogP contribution in [0.1, 0.15) is 33.1 Å². The van der Waals surface area contributed by atoms with Crippen LogP contribution in [0, 0.1) is 0 Å². The molecule has 0 radical (unpaired) electrons. The molecule has 2 rings (SSSR count). The molecule has 1 heterocycles. The third kappa shape index (κ3) is 4.37. The standard InChI is InChI=1S/C15H22BrClN2/c1-11(2)19-8-3-4-13(7-9-19)18-15-6-5-12(17)10-14(15)16/h5-6,10-11,13,18H,3-4,7-9H2,1-2H3. The average Bonchev–Trinajstić information content (AvgIpc) is 2.58. The molecular weight excluding hydrogens is 324 g/mol. The molecule has 0 aromatic heterocycles. The molecule has 19 heavy (non-hydrogen) atoms. The van der Waals surface area contributed by atoms with Gasteiger partial charge in [-0.2, -0.15) is 0 Å². The van der Waals surface area contributed by atoms with E-state index in [0.717, 1.165) is 15.2 Å². The average molecular weight is 346 g/mol. The lowest BCUT2D eigenvalue weighted by molar-refractivity contribution is 0.230. The molecule has 1 fully saturated rings. The van der Waals surface area contributed by atoms with Crippen LogP contribution in [0.2, 0.25) is 5.02 Å². The van der Waals surface area contributed by atoms with E-state index in [1.807, 2.05) is 12.1 Å². The zero-order valence-corrected chi connectivity index (χ0v) is 14.0. The van der Waals surface area contributed by atoms with Crippen molar-refractivity contribution in [3.63, 3.8) is 0 Å². The van der Waals surface area contributed by atoms with E-state index < -0.39 is 0 Å². The zero-order chi connectivity index (χ0) is 13.8. The van der Waals surface area contributed by atoms with Gasteiger partial charge in [-0.3, -0.25) is 0 Å². The summed E-state index contributed by atoms with van der Waals surface area (Å²) < 4.78 is 1.05. The number of halogens is 2.